The largest absolute Gasteiger partial charge is 0.523 e. The molecule has 0 spiro atoms. The van der Waals surface area contributed by atoms with E-state index in [2.05, 4.69) is 0 Å². The lowest BCUT2D eigenvalue weighted by Gasteiger charge is -2.34. The fourth-order valence-corrected chi connectivity index (χ4v) is 8.19. The Balaban J connectivity index is 1.84. The Labute approximate surface area is 146 Å². The summed E-state index contributed by atoms with van der Waals surface area (Å²) in [6.45, 7) is 0.590. The minimum Gasteiger partial charge on any atom is -0.353 e. The number of rotatable bonds is 5. The van der Waals surface area contributed by atoms with E-state index in [-0.39, 0.29) is 23.9 Å². The molecule has 0 amide bonds. The van der Waals surface area contributed by atoms with Crippen LogP contribution in [0.25, 0.3) is 0 Å². The fraction of sp³-hybridized carbons (Fsp3) is 0.600. The van der Waals surface area contributed by atoms with Crippen LogP contribution in [0, 0.1) is 0 Å². The zero-order chi connectivity index (χ0) is 18.1. The van der Waals surface area contributed by atoms with E-state index in [1.807, 2.05) is 0 Å². The lowest BCUT2D eigenvalue weighted by molar-refractivity contribution is -0.136. The van der Waals surface area contributed by atoms with Crippen molar-refractivity contribution in [2.75, 3.05) is 18.1 Å². The molecule has 0 bridgehead atoms. The highest BCUT2D eigenvalue weighted by Gasteiger charge is 2.53. The molecule has 1 aromatic rings. The molecule has 2 fully saturated rings. The van der Waals surface area contributed by atoms with Gasteiger partial charge < -0.3 is 9.47 Å². The van der Waals surface area contributed by atoms with Crippen molar-refractivity contribution in [2.24, 2.45) is 0 Å². The summed E-state index contributed by atoms with van der Waals surface area (Å²) in [5.41, 5.74) is -5.45. The predicted molar refractivity (Wildman–Crippen MR) is 86.6 cm³/mol. The second kappa shape index (κ2) is 7.07. The third kappa shape index (κ3) is 4.13. The number of alkyl halides is 3. The Bertz CT molecular complexity index is 689. The lowest BCUT2D eigenvalue weighted by Crippen LogP contribution is -2.29. The highest BCUT2D eigenvalue weighted by atomic mass is 32.3. The van der Waals surface area contributed by atoms with Crippen molar-refractivity contribution in [1.29, 1.82) is 0 Å². The van der Waals surface area contributed by atoms with Crippen molar-refractivity contribution >= 4 is 20.4 Å². The molecule has 2 saturated heterocycles. The van der Waals surface area contributed by atoms with Gasteiger partial charge >= 0.3 is 15.6 Å². The minimum absolute atomic E-state index is 0.103. The molecule has 25 heavy (non-hydrogen) atoms. The molecule has 0 aliphatic carbocycles. The van der Waals surface area contributed by atoms with Crippen LogP contribution in [0.2, 0.25) is 0 Å². The van der Waals surface area contributed by atoms with Crippen molar-refractivity contribution in [1.82, 2.24) is 0 Å². The van der Waals surface area contributed by atoms with Gasteiger partial charge in [0.15, 0.2) is 6.29 Å². The molecule has 2 aliphatic rings. The molecule has 2 aliphatic heterocycles. The summed E-state index contributed by atoms with van der Waals surface area (Å²) in [5.74, 6) is 0.301. The molecule has 10 heteroatoms. The molecule has 1 aromatic carbocycles. The van der Waals surface area contributed by atoms with Gasteiger partial charge in [-0.15, -0.1) is 0 Å². The molecule has 3 unspecified atom stereocenters. The van der Waals surface area contributed by atoms with Crippen LogP contribution < -0.4 is 0 Å². The van der Waals surface area contributed by atoms with Gasteiger partial charge in [-0.1, -0.05) is 28.5 Å². The van der Waals surface area contributed by atoms with Crippen molar-refractivity contribution in [2.45, 2.75) is 42.1 Å². The fourth-order valence-electron chi connectivity index (χ4n) is 2.96. The van der Waals surface area contributed by atoms with Gasteiger partial charge in [-0.2, -0.15) is 21.6 Å². The van der Waals surface area contributed by atoms with Crippen LogP contribution in [0.15, 0.2) is 35.2 Å². The maximum atomic E-state index is 12.8. The summed E-state index contributed by atoms with van der Waals surface area (Å²) in [6, 6.07) is 8.24. The molecule has 142 valence electrons. The first-order valence-corrected chi connectivity index (χ1v) is 11.2. The van der Waals surface area contributed by atoms with E-state index < -0.39 is 25.9 Å². The smallest absolute Gasteiger partial charge is 0.353 e. The topological polar surface area (TPSA) is 61.8 Å². The quantitative estimate of drug-likeness (QED) is 0.708. The monoisotopic (exact) mass is 400 g/mol. The molecular formula is C15H19F3O5S2. The van der Waals surface area contributed by atoms with Crippen LogP contribution in [0.3, 0.4) is 0 Å². The number of ether oxygens (including phenoxy) is 2. The highest BCUT2D eigenvalue weighted by molar-refractivity contribution is 8.33. The van der Waals surface area contributed by atoms with Crippen molar-refractivity contribution < 1.29 is 34.7 Å². The minimum atomic E-state index is -5.69. The molecule has 3 rings (SSSR count). The summed E-state index contributed by atoms with van der Waals surface area (Å²) in [6.07, 6.45) is 1.26. The lowest BCUT2D eigenvalue weighted by atomic mass is 10.3. The van der Waals surface area contributed by atoms with Gasteiger partial charge in [-0.05, 0) is 25.0 Å². The molecule has 5 nitrogen and oxygen atoms in total. The van der Waals surface area contributed by atoms with Gasteiger partial charge in [0.25, 0.3) is 0 Å². The van der Waals surface area contributed by atoms with E-state index in [9.17, 15) is 21.6 Å². The van der Waals surface area contributed by atoms with Crippen molar-refractivity contribution in [3.63, 3.8) is 0 Å². The standard InChI is InChI=1S/C15H19F3O5S2/c16-15(17,18)25(19,20)23-24(13-5-2-1-3-6-13)10-8-12(11-24)22-14-7-4-9-21-14/h1-3,5-6,12,14H,4,7-11H2. The number of benzene rings is 1. The van der Waals surface area contributed by atoms with Gasteiger partial charge in [0.2, 0.25) is 0 Å². The van der Waals surface area contributed by atoms with Crippen LogP contribution >= 0.6 is 10.3 Å². The SMILES string of the molecule is O=S(=O)(OS1(c2ccccc2)CCC(OC2CCCO2)C1)C(F)(F)F. The first-order chi connectivity index (χ1) is 11.7. The third-order valence-corrected chi connectivity index (χ3v) is 9.40. The molecule has 2 heterocycles. The van der Waals surface area contributed by atoms with Crippen molar-refractivity contribution in [3.05, 3.63) is 30.3 Å². The first-order valence-electron chi connectivity index (χ1n) is 7.85. The maximum absolute atomic E-state index is 12.8. The van der Waals surface area contributed by atoms with E-state index in [0.29, 0.717) is 17.9 Å². The van der Waals surface area contributed by atoms with E-state index >= 15 is 0 Å². The molecule has 0 radical (unpaired) electrons. The van der Waals surface area contributed by atoms with Gasteiger partial charge in [-0.25, -0.2) is 3.63 Å². The zero-order valence-corrected chi connectivity index (χ0v) is 14.9. The normalized spacial score (nSPS) is 33.2. The van der Waals surface area contributed by atoms with Crippen LogP contribution in [-0.2, 0) is 23.2 Å². The molecule has 0 saturated carbocycles. The van der Waals surface area contributed by atoms with Crippen LogP contribution in [0.4, 0.5) is 13.2 Å². The van der Waals surface area contributed by atoms with Crippen LogP contribution in [0.1, 0.15) is 19.3 Å². The summed E-state index contributed by atoms with van der Waals surface area (Å²) in [4.78, 5) is 0.473. The Morgan fingerprint density at radius 2 is 1.88 bits per heavy atom. The molecule has 0 aromatic heterocycles. The second-order valence-electron chi connectivity index (χ2n) is 5.95. The predicted octanol–water partition coefficient (Wildman–Crippen LogP) is 3.56. The molecule has 0 N–H and O–H groups in total. The van der Waals surface area contributed by atoms with Gasteiger partial charge in [0.1, 0.15) is 0 Å². The second-order valence-corrected chi connectivity index (χ2v) is 10.7. The van der Waals surface area contributed by atoms with Crippen LogP contribution in [0.5, 0.6) is 0 Å². The summed E-state index contributed by atoms with van der Waals surface area (Å²) < 4.78 is 77.9. The van der Waals surface area contributed by atoms with Gasteiger partial charge in [0, 0.05) is 29.4 Å². The van der Waals surface area contributed by atoms with E-state index in [1.165, 1.54) is 0 Å². The van der Waals surface area contributed by atoms with Gasteiger partial charge in [-0.3, -0.25) is 0 Å². The highest BCUT2D eigenvalue weighted by Crippen LogP contribution is 2.63. The Kier molecular flexibility index (Phi) is 5.36. The van der Waals surface area contributed by atoms with Gasteiger partial charge in [0.05, 0.1) is 6.10 Å². The molecule has 3 atom stereocenters. The number of hydrogen-bond acceptors (Lipinski definition) is 5. The van der Waals surface area contributed by atoms with E-state index in [1.54, 1.807) is 30.3 Å². The summed E-state index contributed by atoms with van der Waals surface area (Å²) in [7, 11) is -8.35. The third-order valence-electron chi connectivity index (χ3n) is 4.13. The zero-order valence-electron chi connectivity index (χ0n) is 13.3. The Morgan fingerprint density at radius 3 is 2.48 bits per heavy atom. The van der Waals surface area contributed by atoms with E-state index in [0.717, 1.165) is 12.8 Å². The molecular weight excluding hydrogens is 381 g/mol. The average molecular weight is 400 g/mol. The van der Waals surface area contributed by atoms with E-state index in [4.69, 9.17) is 13.1 Å². The maximum Gasteiger partial charge on any atom is 0.523 e. The number of hydrogen-bond donors (Lipinski definition) is 0. The van der Waals surface area contributed by atoms with Crippen LogP contribution in [-0.4, -0.2) is 44.4 Å². The number of halogens is 3. The summed E-state index contributed by atoms with van der Waals surface area (Å²) >= 11 is 0. The average Bonchev–Trinajstić information content (AvgIpc) is 3.18. The Morgan fingerprint density at radius 1 is 1.16 bits per heavy atom. The Hall–Kier alpha value is -0.810. The van der Waals surface area contributed by atoms with Crippen molar-refractivity contribution in [3.8, 4) is 0 Å². The summed E-state index contributed by atoms with van der Waals surface area (Å²) in [5, 5.41) is 0. The first kappa shape index (κ1) is 19.0.